The van der Waals surface area contributed by atoms with Crippen molar-refractivity contribution in [2.75, 3.05) is 32.8 Å². The SMILES string of the molecule is N#Cc1ccc(OCCCN2CCO[C@@H](Cn3cncn3)C2)cc1. The third kappa shape index (κ3) is 4.78. The number of morpholine rings is 1. The lowest BCUT2D eigenvalue weighted by molar-refractivity contribution is -0.0384. The molecule has 7 heteroatoms. The number of aromatic nitrogens is 3. The average molecular weight is 327 g/mol. The summed E-state index contributed by atoms with van der Waals surface area (Å²) in [5, 5.41) is 12.9. The number of ether oxygens (including phenoxy) is 2. The van der Waals surface area contributed by atoms with Gasteiger partial charge in [0.05, 0.1) is 37.5 Å². The Morgan fingerprint density at radius 1 is 1.33 bits per heavy atom. The average Bonchev–Trinajstić information content (AvgIpc) is 3.13. The van der Waals surface area contributed by atoms with E-state index < -0.39 is 0 Å². The van der Waals surface area contributed by atoms with Crippen molar-refractivity contribution in [2.24, 2.45) is 0 Å². The van der Waals surface area contributed by atoms with E-state index in [0.29, 0.717) is 12.2 Å². The van der Waals surface area contributed by atoms with Gasteiger partial charge in [0.25, 0.3) is 0 Å². The number of rotatable bonds is 7. The Kier molecular flexibility index (Phi) is 5.77. The Labute approximate surface area is 141 Å². The summed E-state index contributed by atoms with van der Waals surface area (Å²) in [5.41, 5.74) is 0.647. The molecule has 0 unspecified atom stereocenters. The summed E-state index contributed by atoms with van der Waals surface area (Å²) in [6.45, 7) is 4.97. The van der Waals surface area contributed by atoms with Crippen molar-refractivity contribution >= 4 is 0 Å². The Balaban J connectivity index is 1.36. The monoisotopic (exact) mass is 327 g/mol. The zero-order valence-electron chi connectivity index (χ0n) is 13.5. The molecule has 1 atom stereocenters. The molecule has 0 amide bonds. The van der Waals surface area contributed by atoms with Gasteiger partial charge in [-0.1, -0.05) is 0 Å². The predicted octanol–water partition coefficient (Wildman–Crippen LogP) is 1.32. The highest BCUT2D eigenvalue weighted by Gasteiger charge is 2.20. The second kappa shape index (κ2) is 8.43. The molecule has 7 nitrogen and oxygen atoms in total. The molecule has 24 heavy (non-hydrogen) atoms. The molecule has 2 heterocycles. The molecule has 0 saturated carbocycles. The first-order chi connectivity index (χ1) is 11.8. The minimum Gasteiger partial charge on any atom is -0.494 e. The van der Waals surface area contributed by atoms with Crippen molar-refractivity contribution in [3.05, 3.63) is 42.5 Å². The third-order valence-corrected chi connectivity index (χ3v) is 3.95. The maximum atomic E-state index is 8.77. The topological polar surface area (TPSA) is 76.2 Å². The Bertz CT molecular complexity index is 651. The summed E-state index contributed by atoms with van der Waals surface area (Å²) in [4.78, 5) is 6.35. The van der Waals surface area contributed by atoms with E-state index in [-0.39, 0.29) is 6.10 Å². The molecular weight excluding hydrogens is 306 g/mol. The second-order valence-electron chi connectivity index (χ2n) is 5.75. The standard InChI is InChI=1S/C17H21N5O2/c18-10-15-2-4-16(5-3-15)23-8-1-6-21-7-9-24-17(11-21)12-22-14-19-13-20-22/h2-5,13-14,17H,1,6-9,11-12H2/t17-/m1/s1. The molecule has 3 rings (SSSR count). The highest BCUT2D eigenvalue weighted by molar-refractivity contribution is 5.34. The highest BCUT2D eigenvalue weighted by Crippen LogP contribution is 2.12. The van der Waals surface area contributed by atoms with Gasteiger partial charge in [-0.3, -0.25) is 9.58 Å². The third-order valence-electron chi connectivity index (χ3n) is 3.95. The van der Waals surface area contributed by atoms with Crippen LogP contribution in [0.3, 0.4) is 0 Å². The summed E-state index contributed by atoms with van der Waals surface area (Å²) in [6.07, 6.45) is 4.37. The van der Waals surface area contributed by atoms with Crippen LogP contribution >= 0.6 is 0 Å². The maximum Gasteiger partial charge on any atom is 0.137 e. The Hall–Kier alpha value is -2.43. The van der Waals surface area contributed by atoms with Gasteiger partial charge in [0.1, 0.15) is 18.4 Å². The van der Waals surface area contributed by atoms with Crippen molar-refractivity contribution in [1.29, 1.82) is 5.26 Å². The lowest BCUT2D eigenvalue weighted by Gasteiger charge is -2.32. The van der Waals surface area contributed by atoms with Gasteiger partial charge in [0.2, 0.25) is 0 Å². The van der Waals surface area contributed by atoms with Gasteiger partial charge in [0, 0.05) is 19.6 Å². The van der Waals surface area contributed by atoms with Crippen LogP contribution in [0.25, 0.3) is 0 Å². The van der Waals surface area contributed by atoms with Gasteiger partial charge in [-0.05, 0) is 30.7 Å². The zero-order valence-corrected chi connectivity index (χ0v) is 13.5. The van der Waals surface area contributed by atoms with Crippen LogP contribution in [0, 0.1) is 11.3 Å². The van der Waals surface area contributed by atoms with E-state index in [2.05, 4.69) is 21.1 Å². The molecule has 0 aliphatic carbocycles. The van der Waals surface area contributed by atoms with Crippen molar-refractivity contribution in [2.45, 2.75) is 19.1 Å². The molecule has 1 aromatic heterocycles. The van der Waals surface area contributed by atoms with Crippen LogP contribution in [-0.2, 0) is 11.3 Å². The lowest BCUT2D eigenvalue weighted by atomic mass is 10.2. The van der Waals surface area contributed by atoms with Crippen LogP contribution in [0.2, 0.25) is 0 Å². The fourth-order valence-electron chi connectivity index (χ4n) is 2.73. The number of nitriles is 1. The number of nitrogens with zero attached hydrogens (tertiary/aromatic N) is 5. The molecule has 0 radical (unpaired) electrons. The normalized spacial score (nSPS) is 18.2. The molecule has 1 saturated heterocycles. The van der Waals surface area contributed by atoms with Crippen LogP contribution in [0.15, 0.2) is 36.9 Å². The van der Waals surface area contributed by atoms with Crippen molar-refractivity contribution in [3.63, 3.8) is 0 Å². The number of hydrogen-bond acceptors (Lipinski definition) is 6. The smallest absolute Gasteiger partial charge is 0.137 e. The summed E-state index contributed by atoms with van der Waals surface area (Å²) >= 11 is 0. The highest BCUT2D eigenvalue weighted by atomic mass is 16.5. The molecule has 2 aromatic rings. The zero-order chi connectivity index (χ0) is 16.6. The van der Waals surface area contributed by atoms with Crippen LogP contribution in [0.5, 0.6) is 5.75 Å². The summed E-state index contributed by atoms with van der Waals surface area (Å²) in [6, 6.07) is 9.31. The first-order valence-corrected chi connectivity index (χ1v) is 8.13. The van der Waals surface area contributed by atoms with Crippen LogP contribution in [-0.4, -0.2) is 58.6 Å². The fourth-order valence-corrected chi connectivity index (χ4v) is 2.73. The van der Waals surface area contributed by atoms with Gasteiger partial charge in [-0.2, -0.15) is 10.4 Å². The Morgan fingerprint density at radius 2 is 2.21 bits per heavy atom. The van der Waals surface area contributed by atoms with E-state index in [4.69, 9.17) is 14.7 Å². The van der Waals surface area contributed by atoms with Crippen LogP contribution in [0.1, 0.15) is 12.0 Å². The molecule has 1 aliphatic rings. The van der Waals surface area contributed by atoms with Crippen molar-refractivity contribution < 1.29 is 9.47 Å². The second-order valence-corrected chi connectivity index (χ2v) is 5.75. The van der Waals surface area contributed by atoms with E-state index in [1.807, 2.05) is 16.8 Å². The van der Waals surface area contributed by atoms with E-state index in [1.165, 1.54) is 0 Å². The molecule has 0 N–H and O–H groups in total. The number of benzene rings is 1. The molecule has 1 aromatic carbocycles. The van der Waals surface area contributed by atoms with Crippen LogP contribution < -0.4 is 4.74 Å². The van der Waals surface area contributed by atoms with E-state index in [1.54, 1.807) is 24.8 Å². The van der Waals surface area contributed by atoms with E-state index in [9.17, 15) is 0 Å². The van der Waals surface area contributed by atoms with Crippen molar-refractivity contribution in [1.82, 2.24) is 19.7 Å². The first-order valence-electron chi connectivity index (χ1n) is 8.13. The first kappa shape index (κ1) is 16.4. The van der Waals surface area contributed by atoms with Crippen LogP contribution in [0.4, 0.5) is 0 Å². The van der Waals surface area contributed by atoms with Gasteiger partial charge in [-0.15, -0.1) is 0 Å². The van der Waals surface area contributed by atoms with Gasteiger partial charge in [-0.25, -0.2) is 4.98 Å². The molecule has 1 aliphatic heterocycles. The number of hydrogen-bond donors (Lipinski definition) is 0. The van der Waals surface area contributed by atoms with Gasteiger partial charge < -0.3 is 9.47 Å². The lowest BCUT2D eigenvalue weighted by Crippen LogP contribution is -2.44. The predicted molar refractivity (Wildman–Crippen MR) is 87.5 cm³/mol. The van der Waals surface area contributed by atoms with Gasteiger partial charge >= 0.3 is 0 Å². The molecule has 0 bridgehead atoms. The molecule has 1 fully saturated rings. The molecular formula is C17H21N5O2. The fraction of sp³-hybridized carbons (Fsp3) is 0.471. The summed E-state index contributed by atoms with van der Waals surface area (Å²) in [5.74, 6) is 0.806. The molecule has 126 valence electrons. The minimum atomic E-state index is 0.153. The minimum absolute atomic E-state index is 0.153. The largest absolute Gasteiger partial charge is 0.494 e. The van der Waals surface area contributed by atoms with E-state index >= 15 is 0 Å². The van der Waals surface area contributed by atoms with Crippen molar-refractivity contribution in [3.8, 4) is 11.8 Å². The van der Waals surface area contributed by atoms with Gasteiger partial charge in [0.15, 0.2) is 0 Å². The Morgan fingerprint density at radius 3 is 2.96 bits per heavy atom. The maximum absolute atomic E-state index is 8.77. The summed E-state index contributed by atoms with van der Waals surface area (Å²) in [7, 11) is 0. The summed E-state index contributed by atoms with van der Waals surface area (Å²) < 4.78 is 13.3. The van der Waals surface area contributed by atoms with E-state index in [0.717, 1.165) is 45.0 Å². The molecule has 0 spiro atoms. The quantitative estimate of drug-likeness (QED) is 0.714.